The van der Waals surface area contributed by atoms with Crippen molar-refractivity contribution < 1.29 is 4.74 Å². The number of rotatable bonds is 5. The van der Waals surface area contributed by atoms with E-state index < -0.39 is 0 Å². The lowest BCUT2D eigenvalue weighted by Gasteiger charge is -2.17. The Hall–Kier alpha value is -0.960. The molecule has 3 nitrogen and oxygen atoms in total. The van der Waals surface area contributed by atoms with Gasteiger partial charge in [-0.25, -0.2) is 4.98 Å². The van der Waals surface area contributed by atoms with Gasteiger partial charge in [0, 0.05) is 12.1 Å². The van der Waals surface area contributed by atoms with Crippen molar-refractivity contribution in [3.8, 4) is 5.75 Å². The van der Waals surface area contributed by atoms with Gasteiger partial charge in [0.05, 0.1) is 12.1 Å². The number of aromatic nitrogens is 1. The zero-order chi connectivity index (χ0) is 10.7. The van der Waals surface area contributed by atoms with Crippen molar-refractivity contribution in [2.75, 3.05) is 17.8 Å². The fourth-order valence-electron chi connectivity index (χ4n) is 1.45. The summed E-state index contributed by atoms with van der Waals surface area (Å²) < 4.78 is 5.49. The van der Waals surface area contributed by atoms with Gasteiger partial charge < -0.3 is 10.1 Å². The number of hydrogen-bond acceptors (Lipinski definition) is 3. The maximum atomic E-state index is 5.90. The first kappa shape index (κ1) is 10.6. The molecule has 0 bridgehead atoms. The third kappa shape index (κ3) is 2.34. The van der Waals surface area contributed by atoms with Crippen LogP contribution >= 0.6 is 11.6 Å². The summed E-state index contributed by atoms with van der Waals surface area (Å²) >= 11 is 5.90. The standard InChI is InChI=1S/C11H15ClN2O/c1-2-15-9-4-3-7-13-10(9)14-11(8-12)5-6-11/h3-4,7H,2,5-6,8H2,1H3,(H,13,14). The monoisotopic (exact) mass is 226 g/mol. The van der Waals surface area contributed by atoms with Gasteiger partial charge in [-0.2, -0.15) is 0 Å². The van der Waals surface area contributed by atoms with Crippen molar-refractivity contribution >= 4 is 17.4 Å². The van der Waals surface area contributed by atoms with E-state index in [2.05, 4.69) is 10.3 Å². The summed E-state index contributed by atoms with van der Waals surface area (Å²) in [7, 11) is 0. The first-order valence-corrected chi connectivity index (χ1v) is 5.75. The van der Waals surface area contributed by atoms with Crippen molar-refractivity contribution in [3.63, 3.8) is 0 Å². The van der Waals surface area contributed by atoms with Crippen LogP contribution in [0.3, 0.4) is 0 Å². The van der Waals surface area contributed by atoms with Gasteiger partial charge in [-0.05, 0) is 31.9 Å². The van der Waals surface area contributed by atoms with Crippen LogP contribution in [0.2, 0.25) is 0 Å². The maximum absolute atomic E-state index is 5.90. The van der Waals surface area contributed by atoms with Gasteiger partial charge in [0.15, 0.2) is 11.6 Å². The number of halogens is 1. The van der Waals surface area contributed by atoms with E-state index >= 15 is 0 Å². The summed E-state index contributed by atoms with van der Waals surface area (Å²) in [6.07, 6.45) is 3.98. The third-order valence-corrected chi connectivity index (χ3v) is 3.08. The molecule has 1 saturated carbocycles. The first-order chi connectivity index (χ1) is 7.29. The third-order valence-electron chi connectivity index (χ3n) is 2.56. The van der Waals surface area contributed by atoms with Gasteiger partial charge in [0.1, 0.15) is 0 Å². The smallest absolute Gasteiger partial charge is 0.169 e. The van der Waals surface area contributed by atoms with Crippen LogP contribution in [-0.2, 0) is 0 Å². The van der Waals surface area contributed by atoms with E-state index in [0.717, 1.165) is 24.4 Å². The largest absolute Gasteiger partial charge is 0.490 e. The van der Waals surface area contributed by atoms with Crippen LogP contribution in [0.5, 0.6) is 5.75 Å². The van der Waals surface area contributed by atoms with Gasteiger partial charge in [-0.1, -0.05) is 0 Å². The van der Waals surface area contributed by atoms with Crippen LogP contribution in [0, 0.1) is 0 Å². The Kier molecular flexibility index (Phi) is 3.00. The number of anilines is 1. The molecule has 4 heteroatoms. The number of pyridine rings is 1. The Morgan fingerprint density at radius 3 is 3.00 bits per heavy atom. The Morgan fingerprint density at radius 1 is 1.60 bits per heavy atom. The average molecular weight is 227 g/mol. The zero-order valence-corrected chi connectivity index (χ0v) is 9.55. The van der Waals surface area contributed by atoms with E-state index in [0.29, 0.717) is 12.5 Å². The van der Waals surface area contributed by atoms with Gasteiger partial charge in [0.2, 0.25) is 0 Å². The lowest BCUT2D eigenvalue weighted by atomic mass is 10.3. The summed E-state index contributed by atoms with van der Waals surface area (Å²) in [6, 6.07) is 3.79. The van der Waals surface area contributed by atoms with Gasteiger partial charge in [-0.15, -0.1) is 11.6 Å². The van der Waals surface area contributed by atoms with Gasteiger partial charge in [0.25, 0.3) is 0 Å². The molecule has 1 aromatic rings. The summed E-state index contributed by atoms with van der Waals surface area (Å²) in [4.78, 5) is 4.28. The molecule has 82 valence electrons. The predicted molar refractivity (Wildman–Crippen MR) is 61.7 cm³/mol. The van der Waals surface area contributed by atoms with Crippen molar-refractivity contribution in [3.05, 3.63) is 18.3 Å². The molecule has 0 amide bonds. The summed E-state index contributed by atoms with van der Waals surface area (Å²) in [6.45, 7) is 2.61. The lowest BCUT2D eigenvalue weighted by Crippen LogP contribution is -2.24. The van der Waals surface area contributed by atoms with Crippen LogP contribution < -0.4 is 10.1 Å². The molecule has 1 aromatic heterocycles. The molecule has 0 aromatic carbocycles. The van der Waals surface area contributed by atoms with Crippen LogP contribution in [0.25, 0.3) is 0 Å². The molecule has 1 aliphatic rings. The fourth-order valence-corrected chi connectivity index (χ4v) is 1.78. The first-order valence-electron chi connectivity index (χ1n) is 5.21. The molecule has 0 radical (unpaired) electrons. The Bertz CT molecular complexity index is 339. The SMILES string of the molecule is CCOc1cccnc1NC1(CCl)CC1. The minimum Gasteiger partial charge on any atom is -0.490 e. The molecule has 1 aliphatic carbocycles. The second-order valence-corrected chi connectivity index (χ2v) is 4.09. The molecule has 0 atom stereocenters. The molecule has 0 saturated heterocycles. The van der Waals surface area contributed by atoms with Crippen LogP contribution in [-0.4, -0.2) is 23.0 Å². The normalized spacial score (nSPS) is 17.2. The fraction of sp³-hybridized carbons (Fsp3) is 0.545. The highest BCUT2D eigenvalue weighted by Gasteiger charge is 2.42. The number of nitrogens with one attached hydrogen (secondary N) is 1. The average Bonchev–Trinajstić information content (AvgIpc) is 3.02. The highest BCUT2D eigenvalue weighted by atomic mass is 35.5. The van der Waals surface area contributed by atoms with Crippen molar-refractivity contribution in [2.45, 2.75) is 25.3 Å². The summed E-state index contributed by atoms with van der Waals surface area (Å²) in [5.41, 5.74) is 0.0573. The molecule has 1 heterocycles. The topological polar surface area (TPSA) is 34.1 Å². The van der Waals surface area contributed by atoms with Crippen molar-refractivity contribution in [1.29, 1.82) is 0 Å². The Balaban J connectivity index is 2.13. The Labute approximate surface area is 94.8 Å². The summed E-state index contributed by atoms with van der Waals surface area (Å²) in [5, 5.41) is 3.36. The molecule has 2 rings (SSSR count). The van der Waals surface area contributed by atoms with E-state index in [1.807, 2.05) is 19.1 Å². The zero-order valence-electron chi connectivity index (χ0n) is 8.79. The second-order valence-electron chi connectivity index (χ2n) is 3.82. The molecule has 1 fully saturated rings. The van der Waals surface area contributed by atoms with Crippen LogP contribution in [0.15, 0.2) is 18.3 Å². The Morgan fingerprint density at radius 2 is 2.40 bits per heavy atom. The molecule has 0 unspecified atom stereocenters. The van der Waals surface area contributed by atoms with E-state index in [9.17, 15) is 0 Å². The molecular weight excluding hydrogens is 212 g/mol. The highest BCUT2D eigenvalue weighted by molar-refractivity contribution is 6.19. The van der Waals surface area contributed by atoms with Gasteiger partial charge in [-0.3, -0.25) is 0 Å². The molecule has 0 aliphatic heterocycles. The minimum absolute atomic E-state index is 0.0573. The molecule has 1 N–H and O–H groups in total. The quantitative estimate of drug-likeness (QED) is 0.784. The molecule has 0 spiro atoms. The second kappa shape index (κ2) is 4.27. The van der Waals surface area contributed by atoms with E-state index in [-0.39, 0.29) is 5.54 Å². The summed E-state index contributed by atoms with van der Waals surface area (Å²) in [5.74, 6) is 2.23. The lowest BCUT2D eigenvalue weighted by molar-refractivity contribution is 0.340. The van der Waals surface area contributed by atoms with Crippen LogP contribution in [0.1, 0.15) is 19.8 Å². The molecule has 15 heavy (non-hydrogen) atoms. The van der Waals surface area contributed by atoms with Gasteiger partial charge >= 0.3 is 0 Å². The highest BCUT2D eigenvalue weighted by Crippen LogP contribution is 2.41. The number of ether oxygens (including phenoxy) is 1. The number of hydrogen-bond donors (Lipinski definition) is 1. The number of nitrogens with zero attached hydrogens (tertiary/aromatic N) is 1. The van der Waals surface area contributed by atoms with E-state index in [4.69, 9.17) is 16.3 Å². The maximum Gasteiger partial charge on any atom is 0.169 e. The van der Waals surface area contributed by atoms with E-state index in [1.54, 1.807) is 6.20 Å². The van der Waals surface area contributed by atoms with E-state index in [1.165, 1.54) is 0 Å². The predicted octanol–water partition coefficient (Wildman–Crippen LogP) is 2.66. The number of alkyl halides is 1. The van der Waals surface area contributed by atoms with Crippen molar-refractivity contribution in [2.24, 2.45) is 0 Å². The molecular formula is C11H15ClN2O. The van der Waals surface area contributed by atoms with Crippen LogP contribution in [0.4, 0.5) is 5.82 Å². The van der Waals surface area contributed by atoms with Crippen molar-refractivity contribution in [1.82, 2.24) is 4.98 Å². The minimum atomic E-state index is 0.0573.